The van der Waals surface area contributed by atoms with Gasteiger partial charge in [0.05, 0.1) is 6.20 Å². The van der Waals surface area contributed by atoms with Crippen LogP contribution in [0.15, 0.2) is 17.4 Å². The number of ether oxygens (including phenoxy) is 1. The van der Waals surface area contributed by atoms with Crippen LogP contribution >= 0.6 is 0 Å². The topological polar surface area (TPSA) is 63.5 Å². The molecular formula is C18H33N5O. The summed E-state index contributed by atoms with van der Waals surface area (Å²) in [5.41, 5.74) is 1.61. The van der Waals surface area contributed by atoms with Crippen molar-refractivity contribution in [1.29, 1.82) is 0 Å². The highest BCUT2D eigenvalue weighted by Crippen LogP contribution is 2.40. The highest BCUT2D eigenvalue weighted by atomic mass is 16.5. The SMILES string of the molecule is CCOCCC1(CNC(=NC)NCCc2cnn(C)c2)CCCC1. The van der Waals surface area contributed by atoms with Gasteiger partial charge in [0.15, 0.2) is 5.96 Å². The van der Waals surface area contributed by atoms with Crippen LogP contribution in [0.5, 0.6) is 0 Å². The van der Waals surface area contributed by atoms with Crippen molar-refractivity contribution in [3.63, 3.8) is 0 Å². The van der Waals surface area contributed by atoms with Gasteiger partial charge in [-0.3, -0.25) is 9.67 Å². The zero-order valence-electron chi connectivity index (χ0n) is 15.5. The Morgan fingerprint density at radius 1 is 1.38 bits per heavy atom. The first kappa shape index (κ1) is 18.8. The van der Waals surface area contributed by atoms with Gasteiger partial charge in [-0.25, -0.2) is 0 Å². The maximum absolute atomic E-state index is 5.59. The van der Waals surface area contributed by atoms with Gasteiger partial charge < -0.3 is 15.4 Å². The van der Waals surface area contributed by atoms with Gasteiger partial charge >= 0.3 is 0 Å². The molecule has 2 N–H and O–H groups in total. The fourth-order valence-corrected chi connectivity index (χ4v) is 3.49. The predicted octanol–water partition coefficient (Wildman–Crippen LogP) is 2.11. The lowest BCUT2D eigenvalue weighted by Crippen LogP contribution is -2.43. The van der Waals surface area contributed by atoms with Crippen molar-refractivity contribution >= 4 is 5.96 Å². The van der Waals surface area contributed by atoms with E-state index in [1.54, 1.807) is 0 Å². The maximum atomic E-state index is 5.59. The molecule has 1 saturated carbocycles. The minimum absolute atomic E-state index is 0.371. The molecule has 0 aromatic carbocycles. The number of hydrogen-bond donors (Lipinski definition) is 2. The Bertz CT molecular complexity index is 505. The van der Waals surface area contributed by atoms with Gasteiger partial charge in [0.25, 0.3) is 0 Å². The van der Waals surface area contributed by atoms with Crippen molar-refractivity contribution in [3.05, 3.63) is 18.0 Å². The molecule has 1 aliphatic carbocycles. The lowest BCUT2D eigenvalue weighted by Gasteiger charge is -2.30. The second-order valence-corrected chi connectivity index (χ2v) is 6.78. The lowest BCUT2D eigenvalue weighted by molar-refractivity contribution is 0.105. The molecule has 1 aromatic rings. The summed E-state index contributed by atoms with van der Waals surface area (Å²) in [7, 11) is 3.78. The average molecular weight is 335 g/mol. The van der Waals surface area contributed by atoms with Crippen molar-refractivity contribution in [2.75, 3.05) is 33.4 Å². The minimum atomic E-state index is 0.371. The Hall–Kier alpha value is -1.56. The van der Waals surface area contributed by atoms with Crippen LogP contribution in [0.1, 0.15) is 44.6 Å². The molecule has 2 rings (SSSR count). The molecular weight excluding hydrogens is 302 g/mol. The Kier molecular flexibility index (Phi) is 7.56. The van der Waals surface area contributed by atoms with Crippen molar-refractivity contribution in [2.24, 2.45) is 17.5 Å². The van der Waals surface area contributed by atoms with Crippen LogP contribution in [-0.4, -0.2) is 49.1 Å². The quantitative estimate of drug-likeness (QED) is 0.412. The van der Waals surface area contributed by atoms with Crippen LogP contribution in [0, 0.1) is 5.41 Å². The molecule has 0 bridgehead atoms. The van der Waals surface area contributed by atoms with E-state index >= 15 is 0 Å². The van der Waals surface area contributed by atoms with Crippen molar-refractivity contribution in [1.82, 2.24) is 20.4 Å². The van der Waals surface area contributed by atoms with E-state index in [1.165, 1.54) is 31.2 Å². The zero-order chi connectivity index (χ0) is 17.3. The molecule has 136 valence electrons. The number of nitrogens with zero attached hydrogens (tertiary/aromatic N) is 3. The highest BCUT2D eigenvalue weighted by Gasteiger charge is 2.33. The van der Waals surface area contributed by atoms with Crippen LogP contribution < -0.4 is 10.6 Å². The molecule has 1 aliphatic rings. The molecule has 6 heteroatoms. The molecule has 0 radical (unpaired) electrons. The van der Waals surface area contributed by atoms with Crippen molar-refractivity contribution < 1.29 is 4.74 Å². The first-order chi connectivity index (χ1) is 11.7. The molecule has 0 unspecified atom stereocenters. The predicted molar refractivity (Wildman–Crippen MR) is 98.3 cm³/mol. The summed E-state index contributed by atoms with van der Waals surface area (Å²) in [5, 5.41) is 11.1. The number of aryl methyl sites for hydroxylation is 1. The van der Waals surface area contributed by atoms with E-state index in [-0.39, 0.29) is 0 Å². The average Bonchev–Trinajstić information content (AvgIpc) is 3.21. The van der Waals surface area contributed by atoms with Gasteiger partial charge in [0.2, 0.25) is 0 Å². The minimum Gasteiger partial charge on any atom is -0.382 e. The van der Waals surface area contributed by atoms with Crippen LogP contribution in [0.4, 0.5) is 0 Å². The summed E-state index contributed by atoms with van der Waals surface area (Å²) in [4.78, 5) is 4.36. The summed E-state index contributed by atoms with van der Waals surface area (Å²) >= 11 is 0. The van der Waals surface area contributed by atoms with Crippen molar-refractivity contribution in [2.45, 2.75) is 45.4 Å². The largest absolute Gasteiger partial charge is 0.382 e. The van der Waals surface area contributed by atoms with Crippen LogP contribution in [0.25, 0.3) is 0 Å². The first-order valence-corrected chi connectivity index (χ1v) is 9.17. The summed E-state index contributed by atoms with van der Waals surface area (Å²) < 4.78 is 7.43. The Labute approximate surface area is 146 Å². The summed E-state index contributed by atoms with van der Waals surface area (Å²) in [6, 6.07) is 0. The van der Waals surface area contributed by atoms with E-state index in [2.05, 4.69) is 33.8 Å². The summed E-state index contributed by atoms with van der Waals surface area (Å²) in [5.74, 6) is 0.890. The maximum Gasteiger partial charge on any atom is 0.191 e. The van der Waals surface area contributed by atoms with Gasteiger partial charge in [0.1, 0.15) is 0 Å². The van der Waals surface area contributed by atoms with Gasteiger partial charge in [0, 0.05) is 46.6 Å². The highest BCUT2D eigenvalue weighted by molar-refractivity contribution is 5.79. The monoisotopic (exact) mass is 335 g/mol. The van der Waals surface area contributed by atoms with E-state index < -0.39 is 0 Å². The molecule has 0 aliphatic heterocycles. The third-order valence-electron chi connectivity index (χ3n) is 4.96. The fraction of sp³-hybridized carbons (Fsp3) is 0.778. The molecule has 0 amide bonds. The first-order valence-electron chi connectivity index (χ1n) is 9.17. The summed E-state index contributed by atoms with van der Waals surface area (Å²) in [6.07, 6.45) is 11.3. The normalized spacial score (nSPS) is 17.2. The number of hydrogen-bond acceptors (Lipinski definition) is 3. The van der Waals surface area contributed by atoms with Crippen molar-refractivity contribution in [3.8, 4) is 0 Å². The Morgan fingerprint density at radius 2 is 2.17 bits per heavy atom. The van der Waals surface area contributed by atoms with E-state index in [0.29, 0.717) is 5.41 Å². The molecule has 0 spiro atoms. The third-order valence-corrected chi connectivity index (χ3v) is 4.96. The Balaban J connectivity index is 1.74. The van der Waals surface area contributed by atoms with Gasteiger partial charge in [-0.1, -0.05) is 12.8 Å². The zero-order valence-corrected chi connectivity index (χ0v) is 15.5. The molecule has 1 heterocycles. The number of guanidine groups is 1. The number of aliphatic imine (C=N–C) groups is 1. The summed E-state index contributed by atoms with van der Waals surface area (Å²) in [6.45, 7) is 5.57. The number of rotatable bonds is 9. The van der Waals surface area contributed by atoms with Gasteiger partial charge in [-0.05, 0) is 43.6 Å². The molecule has 0 saturated heterocycles. The second-order valence-electron chi connectivity index (χ2n) is 6.78. The molecule has 6 nitrogen and oxygen atoms in total. The fourth-order valence-electron chi connectivity index (χ4n) is 3.49. The standard InChI is InChI=1S/C18H33N5O/c1-4-24-12-10-18(8-5-6-9-18)15-21-17(19-2)20-11-7-16-13-22-23(3)14-16/h13-14H,4-12,15H2,1-3H3,(H2,19,20,21). The second kappa shape index (κ2) is 9.67. The Morgan fingerprint density at radius 3 is 2.79 bits per heavy atom. The molecule has 1 fully saturated rings. The van der Waals surface area contributed by atoms with E-state index in [0.717, 1.165) is 45.1 Å². The van der Waals surface area contributed by atoms with Gasteiger partial charge in [-0.2, -0.15) is 5.10 Å². The number of aromatic nitrogens is 2. The van der Waals surface area contributed by atoms with Crippen LogP contribution in [0.3, 0.4) is 0 Å². The van der Waals surface area contributed by atoms with Crippen LogP contribution in [-0.2, 0) is 18.2 Å². The number of nitrogens with one attached hydrogen (secondary N) is 2. The van der Waals surface area contributed by atoms with Gasteiger partial charge in [-0.15, -0.1) is 0 Å². The van der Waals surface area contributed by atoms with E-state index in [9.17, 15) is 0 Å². The third kappa shape index (κ3) is 5.82. The lowest BCUT2D eigenvalue weighted by atomic mass is 9.83. The van der Waals surface area contributed by atoms with E-state index in [1.807, 2.05) is 25.0 Å². The molecule has 24 heavy (non-hydrogen) atoms. The van der Waals surface area contributed by atoms with Crippen LogP contribution in [0.2, 0.25) is 0 Å². The molecule has 1 aromatic heterocycles. The smallest absolute Gasteiger partial charge is 0.191 e. The molecule has 0 atom stereocenters. The van der Waals surface area contributed by atoms with E-state index in [4.69, 9.17) is 4.74 Å².